The van der Waals surface area contributed by atoms with Crippen LogP contribution >= 0.6 is 15.9 Å². The average molecular weight is 310 g/mol. The van der Waals surface area contributed by atoms with Crippen molar-refractivity contribution in [2.45, 2.75) is 0 Å². The first kappa shape index (κ1) is 12.6. The van der Waals surface area contributed by atoms with E-state index in [4.69, 9.17) is 4.74 Å². The number of anilines is 1. The highest BCUT2D eigenvalue weighted by Crippen LogP contribution is 2.27. The van der Waals surface area contributed by atoms with Crippen LogP contribution in [0.25, 0.3) is 0 Å². The molecule has 1 heterocycles. The van der Waals surface area contributed by atoms with Gasteiger partial charge in [0, 0.05) is 23.8 Å². The van der Waals surface area contributed by atoms with Crippen molar-refractivity contribution >= 4 is 27.5 Å². The lowest BCUT2D eigenvalue weighted by Gasteiger charge is -2.08. The Balaban J connectivity index is 2.21. The number of hydrogen-bond acceptors (Lipinski definition) is 3. The van der Waals surface area contributed by atoms with E-state index in [9.17, 15) is 4.79 Å². The molecule has 0 aliphatic heterocycles. The molecule has 0 fully saturated rings. The number of methoxy groups -OCH3 is 1. The minimum absolute atomic E-state index is 0.211. The average Bonchev–Trinajstić information content (AvgIpc) is 2.79. The Morgan fingerprint density at radius 1 is 1.50 bits per heavy atom. The molecule has 2 aromatic rings. The number of ether oxygens (including phenoxy) is 1. The number of aromatic nitrogens is 2. The maximum atomic E-state index is 12.0. The number of carbonyl (C=O) groups is 1. The van der Waals surface area contributed by atoms with Gasteiger partial charge in [0.1, 0.15) is 5.75 Å². The molecule has 2 rings (SSSR count). The number of aryl methyl sites for hydroxylation is 1. The molecule has 0 saturated carbocycles. The highest BCUT2D eigenvalue weighted by molar-refractivity contribution is 9.10. The molecule has 0 aliphatic rings. The van der Waals surface area contributed by atoms with Crippen LogP contribution in [0.3, 0.4) is 0 Å². The summed E-state index contributed by atoms with van der Waals surface area (Å²) in [6, 6.07) is 5.37. The molecule has 0 spiro atoms. The van der Waals surface area contributed by atoms with Gasteiger partial charge in [0.2, 0.25) is 0 Å². The van der Waals surface area contributed by atoms with Crippen LogP contribution in [0, 0.1) is 0 Å². The van der Waals surface area contributed by atoms with Gasteiger partial charge in [-0.15, -0.1) is 0 Å². The summed E-state index contributed by atoms with van der Waals surface area (Å²) in [6.45, 7) is 0. The van der Waals surface area contributed by atoms with Crippen LogP contribution in [0.5, 0.6) is 5.75 Å². The van der Waals surface area contributed by atoms with E-state index in [0.717, 1.165) is 4.47 Å². The molecule has 0 radical (unpaired) electrons. The summed E-state index contributed by atoms with van der Waals surface area (Å²) in [5.41, 5.74) is 1.16. The third kappa shape index (κ3) is 2.70. The molecule has 0 saturated heterocycles. The second-order valence-corrected chi connectivity index (χ2v) is 4.56. The van der Waals surface area contributed by atoms with E-state index in [-0.39, 0.29) is 5.91 Å². The molecule has 1 N–H and O–H groups in total. The van der Waals surface area contributed by atoms with Gasteiger partial charge >= 0.3 is 0 Å². The van der Waals surface area contributed by atoms with Crippen LogP contribution in [-0.2, 0) is 7.05 Å². The number of halogens is 1. The van der Waals surface area contributed by atoms with E-state index in [1.165, 1.54) is 6.20 Å². The largest absolute Gasteiger partial charge is 0.497 e. The molecule has 1 aromatic carbocycles. The van der Waals surface area contributed by atoms with Gasteiger partial charge in [-0.05, 0) is 28.1 Å². The Bertz CT molecular complexity index is 580. The van der Waals surface area contributed by atoms with Crippen molar-refractivity contribution in [1.82, 2.24) is 9.78 Å². The standard InChI is InChI=1S/C12H12BrN3O2/c1-16-7-8(6-14-16)12(17)15-11-5-9(18-2)3-4-10(11)13/h3-7H,1-2H3,(H,15,17). The summed E-state index contributed by atoms with van der Waals surface area (Å²) >= 11 is 3.37. The van der Waals surface area contributed by atoms with Crippen LogP contribution < -0.4 is 10.1 Å². The van der Waals surface area contributed by atoms with E-state index < -0.39 is 0 Å². The summed E-state index contributed by atoms with van der Waals surface area (Å²) < 4.78 is 7.48. The highest BCUT2D eigenvalue weighted by Gasteiger charge is 2.10. The second kappa shape index (κ2) is 5.22. The first-order chi connectivity index (χ1) is 8.60. The SMILES string of the molecule is COc1ccc(Br)c(NC(=O)c2cnn(C)c2)c1. The molecular weight excluding hydrogens is 298 g/mol. The second-order valence-electron chi connectivity index (χ2n) is 3.70. The maximum Gasteiger partial charge on any atom is 0.258 e. The lowest BCUT2D eigenvalue weighted by atomic mass is 10.2. The van der Waals surface area contributed by atoms with E-state index in [2.05, 4.69) is 26.3 Å². The number of carbonyl (C=O) groups excluding carboxylic acids is 1. The summed E-state index contributed by atoms with van der Waals surface area (Å²) in [5.74, 6) is 0.469. The van der Waals surface area contributed by atoms with Gasteiger partial charge in [-0.25, -0.2) is 0 Å². The van der Waals surface area contributed by atoms with E-state index in [1.54, 1.807) is 31.1 Å². The van der Waals surface area contributed by atoms with Crippen LogP contribution in [-0.4, -0.2) is 22.8 Å². The molecule has 94 valence electrons. The summed E-state index contributed by atoms with van der Waals surface area (Å²) in [7, 11) is 3.34. The zero-order valence-electron chi connectivity index (χ0n) is 9.98. The van der Waals surface area contributed by atoms with Crippen LogP contribution in [0.1, 0.15) is 10.4 Å². The van der Waals surface area contributed by atoms with E-state index in [0.29, 0.717) is 17.0 Å². The number of nitrogens with one attached hydrogen (secondary N) is 1. The molecule has 0 unspecified atom stereocenters. The van der Waals surface area contributed by atoms with Crippen molar-refractivity contribution < 1.29 is 9.53 Å². The van der Waals surface area contributed by atoms with Gasteiger partial charge in [-0.1, -0.05) is 0 Å². The summed E-state index contributed by atoms with van der Waals surface area (Å²) in [5, 5.41) is 6.75. The van der Waals surface area contributed by atoms with Crippen LogP contribution in [0.4, 0.5) is 5.69 Å². The molecule has 6 heteroatoms. The predicted octanol–water partition coefficient (Wildman–Crippen LogP) is 2.44. The van der Waals surface area contributed by atoms with Gasteiger partial charge in [-0.3, -0.25) is 9.48 Å². The molecule has 0 aliphatic carbocycles. The molecule has 0 bridgehead atoms. The van der Waals surface area contributed by atoms with Crippen LogP contribution in [0.15, 0.2) is 35.1 Å². The fourth-order valence-electron chi connectivity index (χ4n) is 1.46. The topological polar surface area (TPSA) is 56.1 Å². The minimum atomic E-state index is -0.211. The van der Waals surface area contributed by atoms with Crippen molar-refractivity contribution in [3.05, 3.63) is 40.6 Å². The van der Waals surface area contributed by atoms with E-state index in [1.807, 2.05) is 12.1 Å². The Kier molecular flexibility index (Phi) is 3.66. The molecule has 0 atom stereocenters. The lowest BCUT2D eigenvalue weighted by molar-refractivity contribution is 0.102. The van der Waals surface area contributed by atoms with Gasteiger partial charge in [0.15, 0.2) is 0 Å². The molecule has 1 amide bonds. The predicted molar refractivity (Wildman–Crippen MR) is 71.9 cm³/mol. The monoisotopic (exact) mass is 309 g/mol. The smallest absolute Gasteiger partial charge is 0.258 e. The van der Waals surface area contributed by atoms with Crippen LogP contribution in [0.2, 0.25) is 0 Å². The van der Waals surface area contributed by atoms with Crippen molar-refractivity contribution in [2.24, 2.45) is 7.05 Å². The van der Waals surface area contributed by atoms with Gasteiger partial charge in [0.05, 0.1) is 24.6 Å². The Morgan fingerprint density at radius 2 is 2.28 bits per heavy atom. The molecule has 1 aromatic heterocycles. The molecular formula is C12H12BrN3O2. The normalized spacial score (nSPS) is 10.2. The Labute approximate surface area is 113 Å². The van der Waals surface area contributed by atoms with Crippen molar-refractivity contribution in [2.75, 3.05) is 12.4 Å². The zero-order valence-corrected chi connectivity index (χ0v) is 11.6. The van der Waals surface area contributed by atoms with Gasteiger partial charge in [-0.2, -0.15) is 5.10 Å². The Hall–Kier alpha value is -1.82. The fourth-order valence-corrected chi connectivity index (χ4v) is 1.81. The quantitative estimate of drug-likeness (QED) is 0.947. The summed E-state index contributed by atoms with van der Waals surface area (Å²) in [4.78, 5) is 12.0. The van der Waals surface area contributed by atoms with Gasteiger partial charge in [0.25, 0.3) is 5.91 Å². The number of benzene rings is 1. The first-order valence-electron chi connectivity index (χ1n) is 5.23. The number of rotatable bonds is 3. The number of hydrogen-bond donors (Lipinski definition) is 1. The van der Waals surface area contributed by atoms with E-state index >= 15 is 0 Å². The third-order valence-electron chi connectivity index (χ3n) is 2.39. The van der Waals surface area contributed by atoms with Crippen molar-refractivity contribution in [3.63, 3.8) is 0 Å². The van der Waals surface area contributed by atoms with Crippen molar-refractivity contribution in [1.29, 1.82) is 0 Å². The fraction of sp³-hybridized carbons (Fsp3) is 0.167. The maximum absolute atomic E-state index is 12.0. The Morgan fingerprint density at radius 3 is 2.89 bits per heavy atom. The lowest BCUT2D eigenvalue weighted by Crippen LogP contribution is -2.11. The first-order valence-corrected chi connectivity index (χ1v) is 6.03. The number of nitrogens with zero attached hydrogens (tertiary/aromatic N) is 2. The number of amides is 1. The minimum Gasteiger partial charge on any atom is -0.497 e. The van der Waals surface area contributed by atoms with Crippen molar-refractivity contribution in [3.8, 4) is 5.75 Å². The summed E-state index contributed by atoms with van der Waals surface area (Å²) in [6.07, 6.45) is 3.17. The molecule has 18 heavy (non-hydrogen) atoms. The van der Waals surface area contributed by atoms with Gasteiger partial charge < -0.3 is 10.1 Å². The zero-order chi connectivity index (χ0) is 13.1. The highest BCUT2D eigenvalue weighted by atomic mass is 79.9. The molecule has 5 nitrogen and oxygen atoms in total. The third-order valence-corrected chi connectivity index (χ3v) is 3.08.